The SMILES string of the molecule is O=C(CN1C(=O)c2ccccc2C1=O)NCc1cc(-c2ccncc2)n(C2CCCC2)n1. The van der Waals surface area contributed by atoms with Gasteiger partial charge in [0, 0.05) is 18.0 Å². The number of imide groups is 1. The first-order valence-corrected chi connectivity index (χ1v) is 10.8. The summed E-state index contributed by atoms with van der Waals surface area (Å²) in [6.07, 6.45) is 8.06. The second-order valence-corrected chi connectivity index (χ2v) is 8.16. The molecule has 0 bridgehead atoms. The summed E-state index contributed by atoms with van der Waals surface area (Å²) >= 11 is 0. The Balaban J connectivity index is 1.28. The zero-order valence-corrected chi connectivity index (χ0v) is 17.5. The highest BCUT2D eigenvalue weighted by Gasteiger charge is 2.36. The maximum Gasteiger partial charge on any atom is 0.262 e. The number of carbonyl (C=O) groups excluding carboxylic acids is 3. The van der Waals surface area contributed by atoms with Crippen LogP contribution in [0.25, 0.3) is 11.3 Å². The van der Waals surface area contributed by atoms with Gasteiger partial charge in [0.25, 0.3) is 11.8 Å². The molecule has 1 N–H and O–H groups in total. The molecular weight excluding hydrogens is 406 g/mol. The molecule has 8 nitrogen and oxygen atoms in total. The summed E-state index contributed by atoms with van der Waals surface area (Å²) < 4.78 is 2.06. The summed E-state index contributed by atoms with van der Waals surface area (Å²) in [5.41, 5.74) is 3.44. The number of nitrogens with zero attached hydrogens (tertiary/aromatic N) is 4. The van der Waals surface area contributed by atoms with E-state index in [1.165, 1.54) is 12.8 Å². The van der Waals surface area contributed by atoms with Gasteiger partial charge in [-0.3, -0.25) is 28.9 Å². The van der Waals surface area contributed by atoms with Crippen molar-refractivity contribution in [3.8, 4) is 11.3 Å². The van der Waals surface area contributed by atoms with E-state index in [-0.39, 0.29) is 13.1 Å². The van der Waals surface area contributed by atoms with E-state index in [0.29, 0.717) is 17.2 Å². The van der Waals surface area contributed by atoms with Crippen LogP contribution < -0.4 is 5.32 Å². The first-order valence-electron chi connectivity index (χ1n) is 10.8. The molecule has 2 aliphatic rings. The fraction of sp³-hybridized carbons (Fsp3) is 0.292. The summed E-state index contributed by atoms with van der Waals surface area (Å²) in [5, 5.41) is 7.57. The van der Waals surface area contributed by atoms with Gasteiger partial charge >= 0.3 is 0 Å². The Morgan fingerprint density at radius 2 is 1.66 bits per heavy atom. The van der Waals surface area contributed by atoms with Gasteiger partial charge in [0.1, 0.15) is 6.54 Å². The lowest BCUT2D eigenvalue weighted by atomic mass is 10.1. The number of hydrogen-bond acceptors (Lipinski definition) is 5. The normalized spacial score (nSPS) is 15.9. The maximum absolute atomic E-state index is 12.5. The van der Waals surface area contributed by atoms with Gasteiger partial charge in [-0.15, -0.1) is 0 Å². The Morgan fingerprint density at radius 3 is 2.31 bits per heavy atom. The molecule has 8 heteroatoms. The number of pyridine rings is 1. The summed E-state index contributed by atoms with van der Waals surface area (Å²) in [4.78, 5) is 42.6. The van der Waals surface area contributed by atoms with E-state index < -0.39 is 17.7 Å². The van der Waals surface area contributed by atoms with E-state index in [9.17, 15) is 14.4 Å². The van der Waals surface area contributed by atoms with Crippen molar-refractivity contribution < 1.29 is 14.4 Å². The van der Waals surface area contributed by atoms with Gasteiger partial charge in [-0.05, 0) is 43.2 Å². The van der Waals surface area contributed by atoms with Gasteiger partial charge < -0.3 is 5.32 Å². The van der Waals surface area contributed by atoms with Crippen molar-refractivity contribution in [3.63, 3.8) is 0 Å². The minimum Gasteiger partial charge on any atom is -0.349 e. The highest BCUT2D eigenvalue weighted by molar-refractivity contribution is 6.22. The van der Waals surface area contributed by atoms with Crippen LogP contribution in [-0.4, -0.2) is 43.9 Å². The van der Waals surface area contributed by atoms with Crippen molar-refractivity contribution in [3.05, 3.63) is 71.7 Å². The smallest absolute Gasteiger partial charge is 0.262 e. The molecule has 3 heterocycles. The van der Waals surface area contributed by atoms with Crippen LogP contribution in [0.1, 0.15) is 58.1 Å². The Morgan fingerprint density at radius 1 is 1.00 bits per heavy atom. The van der Waals surface area contributed by atoms with Crippen LogP contribution in [0.5, 0.6) is 0 Å². The van der Waals surface area contributed by atoms with E-state index in [2.05, 4.69) is 15.0 Å². The third kappa shape index (κ3) is 3.68. The summed E-state index contributed by atoms with van der Waals surface area (Å²) in [6.45, 7) is -0.0906. The second kappa shape index (κ2) is 8.37. The topological polar surface area (TPSA) is 97.2 Å². The molecule has 3 aromatic rings. The highest BCUT2D eigenvalue weighted by atomic mass is 16.2. The molecule has 1 aliphatic carbocycles. The van der Waals surface area contributed by atoms with E-state index in [4.69, 9.17) is 5.10 Å². The van der Waals surface area contributed by atoms with Crippen molar-refractivity contribution in [1.29, 1.82) is 0 Å². The van der Waals surface area contributed by atoms with Crippen LogP contribution in [0.3, 0.4) is 0 Å². The molecule has 1 fully saturated rings. The van der Waals surface area contributed by atoms with Gasteiger partial charge in [-0.25, -0.2) is 0 Å². The lowest BCUT2D eigenvalue weighted by Crippen LogP contribution is -2.40. The number of carbonyl (C=O) groups is 3. The quantitative estimate of drug-likeness (QED) is 0.608. The van der Waals surface area contributed by atoms with Gasteiger partial charge in [0.2, 0.25) is 5.91 Å². The number of amides is 3. The lowest BCUT2D eigenvalue weighted by Gasteiger charge is -2.14. The Labute approximate surface area is 185 Å². The number of fused-ring (bicyclic) bond motifs is 1. The molecule has 0 atom stereocenters. The summed E-state index contributed by atoms with van der Waals surface area (Å²) in [6, 6.07) is 12.8. The zero-order chi connectivity index (χ0) is 22.1. The summed E-state index contributed by atoms with van der Waals surface area (Å²) in [5.74, 6) is -1.28. The van der Waals surface area contributed by atoms with Crippen molar-refractivity contribution in [2.24, 2.45) is 0 Å². The fourth-order valence-electron chi connectivity index (χ4n) is 4.47. The Hall–Kier alpha value is -3.81. The van der Waals surface area contributed by atoms with Crippen molar-refractivity contribution >= 4 is 17.7 Å². The van der Waals surface area contributed by atoms with Crippen molar-refractivity contribution in [2.45, 2.75) is 38.3 Å². The number of aromatic nitrogens is 3. The molecule has 0 unspecified atom stereocenters. The van der Waals surface area contributed by atoms with Crippen LogP contribution >= 0.6 is 0 Å². The van der Waals surface area contributed by atoms with E-state index in [1.807, 2.05) is 18.2 Å². The molecule has 0 saturated heterocycles. The molecule has 32 heavy (non-hydrogen) atoms. The molecule has 5 rings (SSSR count). The molecule has 1 aromatic carbocycles. The van der Waals surface area contributed by atoms with Gasteiger partial charge in [-0.2, -0.15) is 5.10 Å². The molecule has 1 saturated carbocycles. The second-order valence-electron chi connectivity index (χ2n) is 8.16. The first-order chi connectivity index (χ1) is 15.6. The van der Waals surface area contributed by atoms with Gasteiger partial charge in [0.15, 0.2) is 0 Å². The van der Waals surface area contributed by atoms with Crippen LogP contribution in [0, 0.1) is 0 Å². The Kier molecular flexibility index (Phi) is 5.26. The molecular formula is C24H23N5O3. The predicted octanol–water partition coefficient (Wildman–Crippen LogP) is 2.97. The lowest BCUT2D eigenvalue weighted by molar-refractivity contribution is -0.121. The number of hydrogen-bond donors (Lipinski definition) is 1. The highest BCUT2D eigenvalue weighted by Crippen LogP contribution is 2.33. The van der Waals surface area contributed by atoms with Crippen LogP contribution in [0.2, 0.25) is 0 Å². The standard InChI is InChI=1S/C24H23N5O3/c30-22(15-28-23(31)19-7-3-4-8-20(19)24(28)32)26-14-17-13-21(16-9-11-25-12-10-16)29(27-17)18-5-1-2-6-18/h3-4,7-13,18H,1-2,5-6,14-15H2,(H,26,30). The average Bonchev–Trinajstić information content (AvgIpc) is 3.55. The molecule has 3 amide bonds. The molecule has 0 radical (unpaired) electrons. The van der Waals surface area contributed by atoms with Gasteiger partial charge in [-0.1, -0.05) is 25.0 Å². The van der Waals surface area contributed by atoms with E-state index in [0.717, 1.165) is 34.7 Å². The van der Waals surface area contributed by atoms with Crippen LogP contribution in [-0.2, 0) is 11.3 Å². The number of nitrogens with one attached hydrogen (secondary N) is 1. The van der Waals surface area contributed by atoms with Gasteiger partial charge in [0.05, 0.1) is 35.1 Å². The number of benzene rings is 1. The monoisotopic (exact) mass is 429 g/mol. The predicted molar refractivity (Wildman–Crippen MR) is 117 cm³/mol. The van der Waals surface area contributed by atoms with E-state index >= 15 is 0 Å². The van der Waals surface area contributed by atoms with E-state index in [1.54, 1.807) is 36.7 Å². The zero-order valence-electron chi connectivity index (χ0n) is 17.5. The van der Waals surface area contributed by atoms with Crippen molar-refractivity contribution in [2.75, 3.05) is 6.54 Å². The molecule has 162 valence electrons. The Bertz CT molecular complexity index is 1150. The molecule has 0 spiro atoms. The minimum absolute atomic E-state index is 0.222. The number of rotatable bonds is 6. The first kappa shape index (κ1) is 20.1. The minimum atomic E-state index is -0.439. The average molecular weight is 429 g/mol. The van der Waals surface area contributed by atoms with Crippen molar-refractivity contribution in [1.82, 2.24) is 25.0 Å². The molecule has 2 aromatic heterocycles. The fourth-order valence-corrected chi connectivity index (χ4v) is 4.47. The van der Waals surface area contributed by atoms with Crippen LogP contribution in [0.15, 0.2) is 54.9 Å². The third-order valence-electron chi connectivity index (χ3n) is 6.08. The van der Waals surface area contributed by atoms with Crippen LogP contribution in [0.4, 0.5) is 0 Å². The largest absolute Gasteiger partial charge is 0.349 e. The maximum atomic E-state index is 12.5. The summed E-state index contributed by atoms with van der Waals surface area (Å²) in [7, 11) is 0. The third-order valence-corrected chi connectivity index (χ3v) is 6.08. The molecule has 1 aliphatic heterocycles.